The summed E-state index contributed by atoms with van der Waals surface area (Å²) in [6, 6.07) is 7.66. The summed E-state index contributed by atoms with van der Waals surface area (Å²) in [5.41, 5.74) is 1.18. The van der Waals surface area contributed by atoms with Crippen LogP contribution in [0, 0.1) is 5.92 Å². The number of aromatic nitrogens is 1. The molecule has 34 heavy (non-hydrogen) atoms. The van der Waals surface area contributed by atoms with Crippen molar-refractivity contribution in [2.24, 2.45) is 5.92 Å². The van der Waals surface area contributed by atoms with Gasteiger partial charge in [0.05, 0.1) is 18.1 Å². The first-order chi connectivity index (χ1) is 16.3. The molecule has 2 aliphatic rings. The molecular formula is C24H32N4O5S. The zero-order chi connectivity index (χ0) is 24.1. The second-order valence-electron chi connectivity index (χ2n) is 8.96. The van der Waals surface area contributed by atoms with Crippen LogP contribution in [0.4, 0.5) is 0 Å². The van der Waals surface area contributed by atoms with E-state index in [2.05, 4.69) is 14.6 Å². The lowest BCUT2D eigenvalue weighted by atomic mass is 10.0. The van der Waals surface area contributed by atoms with Crippen LogP contribution in [0.1, 0.15) is 25.8 Å². The van der Waals surface area contributed by atoms with Gasteiger partial charge in [0.25, 0.3) is 0 Å². The maximum Gasteiger partial charge on any atom is 0.241 e. The quantitative estimate of drug-likeness (QED) is 0.635. The van der Waals surface area contributed by atoms with Crippen molar-refractivity contribution in [3.63, 3.8) is 0 Å². The average Bonchev–Trinajstić information content (AvgIpc) is 3.08. The largest absolute Gasteiger partial charge is 0.490 e. The lowest BCUT2D eigenvalue weighted by Gasteiger charge is -2.37. The zero-order valence-electron chi connectivity index (χ0n) is 19.6. The standard InChI is InChI=1S/C24H32N4O5S/c1-18(2)23(24(29)28-12-10-27(11-13-28)17-19-6-8-25-9-7-19)26-34(30,31)20-4-5-21-22(16-20)33-15-3-14-32-21/h4-9,16,18,23,26H,3,10-15,17H2,1-2H3. The monoisotopic (exact) mass is 488 g/mol. The highest BCUT2D eigenvalue weighted by Crippen LogP contribution is 2.32. The van der Waals surface area contributed by atoms with Crippen LogP contribution in [0.3, 0.4) is 0 Å². The van der Waals surface area contributed by atoms with Crippen molar-refractivity contribution in [1.82, 2.24) is 19.5 Å². The topological polar surface area (TPSA) is 101 Å². The van der Waals surface area contributed by atoms with Gasteiger partial charge in [0.15, 0.2) is 11.5 Å². The van der Waals surface area contributed by atoms with Gasteiger partial charge in [-0.3, -0.25) is 14.7 Å². The first-order valence-corrected chi connectivity index (χ1v) is 13.1. The number of hydrogen-bond acceptors (Lipinski definition) is 7. The summed E-state index contributed by atoms with van der Waals surface area (Å²) in [6.45, 7) is 8.05. The van der Waals surface area contributed by atoms with Crippen LogP contribution in [0.25, 0.3) is 0 Å². The Bertz CT molecular complexity index is 1090. The van der Waals surface area contributed by atoms with Crippen LogP contribution >= 0.6 is 0 Å². The highest BCUT2D eigenvalue weighted by Gasteiger charge is 2.33. The third kappa shape index (κ3) is 5.86. The number of nitrogens with zero attached hydrogens (tertiary/aromatic N) is 3. The molecule has 1 amide bonds. The molecule has 1 N–H and O–H groups in total. The smallest absolute Gasteiger partial charge is 0.241 e. The van der Waals surface area contributed by atoms with Crippen LogP contribution in [0.2, 0.25) is 0 Å². The van der Waals surface area contributed by atoms with E-state index in [-0.39, 0.29) is 16.7 Å². The Hall–Kier alpha value is -2.69. The number of rotatable bonds is 7. The molecule has 184 valence electrons. The Kier molecular flexibility index (Phi) is 7.70. The Morgan fingerprint density at radius 2 is 1.71 bits per heavy atom. The van der Waals surface area contributed by atoms with Crippen LogP contribution in [0.15, 0.2) is 47.6 Å². The molecular weight excluding hydrogens is 456 g/mol. The molecule has 0 saturated carbocycles. The number of pyridine rings is 1. The number of sulfonamides is 1. The Morgan fingerprint density at radius 1 is 1.03 bits per heavy atom. The van der Waals surface area contributed by atoms with E-state index in [0.29, 0.717) is 37.8 Å². The zero-order valence-corrected chi connectivity index (χ0v) is 20.5. The molecule has 10 heteroatoms. The Labute approximate surface area is 201 Å². The van der Waals surface area contributed by atoms with Crippen molar-refractivity contribution in [1.29, 1.82) is 0 Å². The normalized spacial score (nSPS) is 17.9. The second-order valence-corrected chi connectivity index (χ2v) is 10.7. The summed E-state index contributed by atoms with van der Waals surface area (Å²) in [7, 11) is -3.93. The highest BCUT2D eigenvalue weighted by atomic mass is 32.2. The number of fused-ring (bicyclic) bond motifs is 1. The summed E-state index contributed by atoms with van der Waals surface area (Å²) >= 11 is 0. The van der Waals surface area contributed by atoms with Crippen molar-refractivity contribution >= 4 is 15.9 Å². The van der Waals surface area contributed by atoms with Gasteiger partial charge in [-0.05, 0) is 35.7 Å². The molecule has 3 heterocycles. The van der Waals surface area contributed by atoms with Crippen molar-refractivity contribution in [3.05, 3.63) is 48.3 Å². The summed E-state index contributed by atoms with van der Waals surface area (Å²) in [6.07, 6.45) is 4.28. The first kappa shape index (κ1) is 24.4. The third-order valence-corrected chi connectivity index (χ3v) is 7.52. The number of carbonyl (C=O) groups is 1. The van der Waals surface area contributed by atoms with Crippen LogP contribution in [0.5, 0.6) is 11.5 Å². The molecule has 2 aliphatic heterocycles. The van der Waals surface area contributed by atoms with Gasteiger partial charge in [-0.2, -0.15) is 4.72 Å². The van der Waals surface area contributed by atoms with Gasteiger partial charge in [-0.1, -0.05) is 13.8 Å². The highest BCUT2D eigenvalue weighted by molar-refractivity contribution is 7.89. The van der Waals surface area contributed by atoms with Gasteiger partial charge < -0.3 is 14.4 Å². The van der Waals surface area contributed by atoms with E-state index in [1.807, 2.05) is 26.0 Å². The summed E-state index contributed by atoms with van der Waals surface area (Å²) in [5, 5.41) is 0. The molecule has 0 radical (unpaired) electrons. The fourth-order valence-corrected chi connectivity index (χ4v) is 5.44. The molecule has 1 unspecified atom stereocenters. The third-order valence-electron chi connectivity index (χ3n) is 6.08. The van der Waals surface area contributed by atoms with Gasteiger partial charge in [-0.15, -0.1) is 0 Å². The van der Waals surface area contributed by atoms with E-state index in [1.165, 1.54) is 17.7 Å². The minimum absolute atomic E-state index is 0.0531. The van der Waals surface area contributed by atoms with E-state index in [4.69, 9.17) is 9.47 Å². The SMILES string of the molecule is CC(C)C(NS(=O)(=O)c1ccc2c(c1)OCCCO2)C(=O)N1CCN(Cc2ccncc2)CC1. The van der Waals surface area contributed by atoms with E-state index in [1.54, 1.807) is 23.4 Å². The van der Waals surface area contributed by atoms with Crippen molar-refractivity contribution in [2.75, 3.05) is 39.4 Å². The van der Waals surface area contributed by atoms with Crippen molar-refractivity contribution in [2.45, 2.75) is 37.8 Å². The van der Waals surface area contributed by atoms with E-state index < -0.39 is 16.1 Å². The second kappa shape index (κ2) is 10.7. The number of ether oxygens (including phenoxy) is 2. The molecule has 9 nitrogen and oxygen atoms in total. The average molecular weight is 489 g/mol. The molecule has 1 fully saturated rings. The molecule has 4 rings (SSSR count). The minimum atomic E-state index is -3.93. The fourth-order valence-electron chi connectivity index (χ4n) is 4.09. The van der Waals surface area contributed by atoms with E-state index in [9.17, 15) is 13.2 Å². The van der Waals surface area contributed by atoms with E-state index in [0.717, 1.165) is 26.1 Å². The molecule has 1 atom stereocenters. The predicted molar refractivity (Wildman–Crippen MR) is 127 cm³/mol. The molecule has 0 spiro atoms. The number of piperazine rings is 1. The molecule has 1 saturated heterocycles. The lowest BCUT2D eigenvalue weighted by Crippen LogP contribution is -2.56. The number of amides is 1. The number of benzene rings is 1. The predicted octanol–water partition coefficient (Wildman–Crippen LogP) is 1.89. The van der Waals surface area contributed by atoms with Gasteiger partial charge in [0.1, 0.15) is 6.04 Å². The van der Waals surface area contributed by atoms with Crippen LogP contribution in [-0.4, -0.2) is 74.5 Å². The molecule has 0 aliphatic carbocycles. The molecule has 1 aromatic heterocycles. The maximum atomic E-state index is 13.3. The van der Waals surface area contributed by atoms with Crippen LogP contribution < -0.4 is 14.2 Å². The first-order valence-electron chi connectivity index (χ1n) is 11.7. The fraction of sp³-hybridized carbons (Fsp3) is 0.500. The Morgan fingerprint density at radius 3 is 2.38 bits per heavy atom. The Balaban J connectivity index is 1.41. The number of nitrogens with one attached hydrogen (secondary N) is 1. The van der Waals surface area contributed by atoms with Gasteiger partial charge in [0, 0.05) is 57.6 Å². The van der Waals surface area contributed by atoms with Gasteiger partial charge in [-0.25, -0.2) is 8.42 Å². The van der Waals surface area contributed by atoms with Crippen molar-refractivity contribution in [3.8, 4) is 11.5 Å². The molecule has 1 aromatic carbocycles. The van der Waals surface area contributed by atoms with E-state index >= 15 is 0 Å². The van der Waals surface area contributed by atoms with Gasteiger partial charge >= 0.3 is 0 Å². The minimum Gasteiger partial charge on any atom is -0.490 e. The van der Waals surface area contributed by atoms with Crippen LogP contribution in [-0.2, 0) is 21.4 Å². The summed E-state index contributed by atoms with van der Waals surface area (Å²) in [5.74, 6) is 0.518. The number of carbonyl (C=O) groups excluding carboxylic acids is 1. The lowest BCUT2D eigenvalue weighted by molar-refractivity contribution is -0.135. The summed E-state index contributed by atoms with van der Waals surface area (Å²) in [4.78, 5) is 21.5. The summed E-state index contributed by atoms with van der Waals surface area (Å²) < 4.78 is 40.2. The molecule has 2 aromatic rings. The van der Waals surface area contributed by atoms with Gasteiger partial charge in [0.2, 0.25) is 15.9 Å². The molecule has 0 bridgehead atoms. The number of hydrogen-bond donors (Lipinski definition) is 1. The maximum absolute atomic E-state index is 13.3. The van der Waals surface area contributed by atoms with Crippen molar-refractivity contribution < 1.29 is 22.7 Å².